The van der Waals surface area contributed by atoms with Crippen LogP contribution in [-0.4, -0.2) is 0 Å². The molecule has 2 unspecified atom stereocenters. The van der Waals surface area contributed by atoms with E-state index in [0.29, 0.717) is 6.04 Å². The smallest absolute Gasteiger partial charge is 0.177 e. The molecule has 0 aliphatic carbocycles. The summed E-state index contributed by atoms with van der Waals surface area (Å²) in [5, 5.41) is 6.26. The van der Waals surface area contributed by atoms with E-state index in [1.807, 2.05) is 0 Å². The van der Waals surface area contributed by atoms with Gasteiger partial charge in [0.1, 0.15) is 5.75 Å². The first-order chi connectivity index (χ1) is 11.8. The summed E-state index contributed by atoms with van der Waals surface area (Å²) in [6, 6.07) is 21.5. The van der Waals surface area contributed by atoms with Gasteiger partial charge >= 0.3 is 0 Å². The zero-order valence-corrected chi connectivity index (χ0v) is 15.2. The number of nitrogens with one attached hydrogen (secondary N) is 1. The maximum atomic E-state index is 6.32. The standard InChI is InChI=1S/C21H20BrNO/c1-2-5-18-20-17-7-4-3-6-14(17)10-13-19(20)24-21(23-18)15-8-11-16(22)12-9-15/h3-4,6-13,18,21,23H,2,5H2,1H3. The first-order valence-corrected chi connectivity index (χ1v) is 9.25. The molecule has 0 aromatic heterocycles. The van der Waals surface area contributed by atoms with E-state index in [-0.39, 0.29) is 6.23 Å². The highest BCUT2D eigenvalue weighted by Gasteiger charge is 2.29. The minimum atomic E-state index is -0.108. The first kappa shape index (κ1) is 15.7. The summed E-state index contributed by atoms with van der Waals surface area (Å²) in [5.74, 6) is 0.999. The summed E-state index contributed by atoms with van der Waals surface area (Å²) in [6.45, 7) is 2.23. The van der Waals surface area contributed by atoms with Crippen LogP contribution in [0.5, 0.6) is 5.75 Å². The normalized spacial score (nSPS) is 19.8. The van der Waals surface area contributed by atoms with Crippen molar-refractivity contribution in [2.45, 2.75) is 32.0 Å². The third-order valence-electron chi connectivity index (χ3n) is 4.63. The van der Waals surface area contributed by atoms with Crippen LogP contribution in [0.15, 0.2) is 65.1 Å². The number of rotatable bonds is 3. The van der Waals surface area contributed by atoms with Crippen molar-refractivity contribution in [2.24, 2.45) is 0 Å². The van der Waals surface area contributed by atoms with Crippen molar-refractivity contribution in [1.29, 1.82) is 0 Å². The second-order valence-corrected chi connectivity index (χ2v) is 7.17. The maximum absolute atomic E-state index is 6.32. The Bertz CT molecular complexity index is 859. The Kier molecular flexibility index (Phi) is 4.30. The summed E-state index contributed by atoms with van der Waals surface area (Å²) in [7, 11) is 0. The van der Waals surface area contributed by atoms with Crippen LogP contribution >= 0.6 is 15.9 Å². The molecular formula is C21H20BrNO. The largest absolute Gasteiger partial charge is 0.471 e. The molecule has 0 radical (unpaired) electrons. The van der Waals surface area contributed by atoms with E-state index in [1.54, 1.807) is 0 Å². The fourth-order valence-electron chi connectivity index (χ4n) is 3.48. The number of fused-ring (bicyclic) bond motifs is 3. The van der Waals surface area contributed by atoms with E-state index in [9.17, 15) is 0 Å². The van der Waals surface area contributed by atoms with Crippen molar-refractivity contribution in [1.82, 2.24) is 5.32 Å². The van der Waals surface area contributed by atoms with Crippen LogP contribution < -0.4 is 10.1 Å². The third-order valence-corrected chi connectivity index (χ3v) is 5.16. The summed E-state index contributed by atoms with van der Waals surface area (Å²) >= 11 is 3.50. The summed E-state index contributed by atoms with van der Waals surface area (Å²) < 4.78 is 7.40. The SMILES string of the molecule is CCCC1NC(c2ccc(Br)cc2)Oc2ccc3ccccc3c21. The monoisotopic (exact) mass is 381 g/mol. The van der Waals surface area contributed by atoms with Crippen LogP contribution in [0.3, 0.4) is 0 Å². The quantitative estimate of drug-likeness (QED) is 0.589. The van der Waals surface area contributed by atoms with Gasteiger partial charge in [-0.05, 0) is 35.4 Å². The molecule has 122 valence electrons. The molecule has 2 atom stereocenters. The predicted octanol–water partition coefficient (Wildman–Crippen LogP) is 6.12. The summed E-state index contributed by atoms with van der Waals surface area (Å²) in [6.07, 6.45) is 2.12. The van der Waals surface area contributed by atoms with Crippen LogP contribution in [0.1, 0.15) is 43.2 Å². The Morgan fingerprint density at radius 2 is 1.79 bits per heavy atom. The lowest BCUT2D eigenvalue weighted by Gasteiger charge is -2.35. The predicted molar refractivity (Wildman–Crippen MR) is 102 cm³/mol. The topological polar surface area (TPSA) is 21.3 Å². The fourth-order valence-corrected chi connectivity index (χ4v) is 3.75. The molecule has 2 nitrogen and oxygen atoms in total. The highest BCUT2D eigenvalue weighted by atomic mass is 79.9. The lowest BCUT2D eigenvalue weighted by molar-refractivity contribution is 0.122. The van der Waals surface area contributed by atoms with Gasteiger partial charge in [-0.25, -0.2) is 0 Å². The van der Waals surface area contributed by atoms with Crippen LogP contribution in [0, 0.1) is 0 Å². The maximum Gasteiger partial charge on any atom is 0.177 e. The molecule has 3 heteroatoms. The molecule has 0 saturated carbocycles. The van der Waals surface area contributed by atoms with Gasteiger partial charge in [-0.15, -0.1) is 0 Å². The van der Waals surface area contributed by atoms with Gasteiger partial charge in [0.25, 0.3) is 0 Å². The van der Waals surface area contributed by atoms with Crippen molar-refractivity contribution in [3.63, 3.8) is 0 Å². The lowest BCUT2D eigenvalue weighted by atomic mass is 9.93. The van der Waals surface area contributed by atoms with Crippen molar-refractivity contribution in [3.05, 3.63) is 76.3 Å². The summed E-state index contributed by atoms with van der Waals surface area (Å²) in [4.78, 5) is 0. The zero-order chi connectivity index (χ0) is 16.5. The molecule has 0 spiro atoms. The molecule has 0 amide bonds. The second-order valence-electron chi connectivity index (χ2n) is 6.26. The van der Waals surface area contributed by atoms with Crippen LogP contribution in [0.4, 0.5) is 0 Å². The molecule has 1 heterocycles. The van der Waals surface area contributed by atoms with Crippen molar-refractivity contribution in [3.8, 4) is 5.75 Å². The number of benzene rings is 3. The molecule has 24 heavy (non-hydrogen) atoms. The van der Waals surface area contributed by atoms with Gasteiger partial charge in [0.05, 0.1) is 0 Å². The molecule has 1 N–H and O–H groups in total. The Balaban J connectivity index is 1.79. The highest BCUT2D eigenvalue weighted by Crippen LogP contribution is 2.41. The molecular weight excluding hydrogens is 362 g/mol. The average molecular weight is 382 g/mol. The van der Waals surface area contributed by atoms with Crippen LogP contribution in [0.2, 0.25) is 0 Å². The van der Waals surface area contributed by atoms with Crippen molar-refractivity contribution in [2.75, 3.05) is 0 Å². The van der Waals surface area contributed by atoms with Gasteiger partial charge in [-0.2, -0.15) is 0 Å². The molecule has 1 aliphatic rings. The highest BCUT2D eigenvalue weighted by molar-refractivity contribution is 9.10. The third kappa shape index (κ3) is 2.83. The molecule has 1 aliphatic heterocycles. The van der Waals surface area contributed by atoms with E-state index < -0.39 is 0 Å². The van der Waals surface area contributed by atoms with E-state index in [4.69, 9.17) is 4.74 Å². The Labute approximate surface area is 151 Å². The van der Waals surface area contributed by atoms with E-state index in [2.05, 4.69) is 88.8 Å². The van der Waals surface area contributed by atoms with Crippen LogP contribution in [-0.2, 0) is 0 Å². The molecule has 4 rings (SSSR count). The molecule has 0 fully saturated rings. The van der Waals surface area contributed by atoms with Gasteiger partial charge in [0.15, 0.2) is 6.23 Å². The van der Waals surface area contributed by atoms with E-state index >= 15 is 0 Å². The van der Waals surface area contributed by atoms with Crippen LogP contribution in [0.25, 0.3) is 10.8 Å². The number of ether oxygens (including phenoxy) is 1. The average Bonchev–Trinajstić information content (AvgIpc) is 2.62. The number of hydrogen-bond acceptors (Lipinski definition) is 2. The van der Waals surface area contributed by atoms with E-state index in [1.165, 1.54) is 16.3 Å². The zero-order valence-electron chi connectivity index (χ0n) is 13.6. The molecule has 3 aromatic rings. The van der Waals surface area contributed by atoms with Gasteiger partial charge in [0, 0.05) is 21.6 Å². The van der Waals surface area contributed by atoms with Gasteiger partial charge in [0.2, 0.25) is 0 Å². The van der Waals surface area contributed by atoms with Gasteiger partial charge < -0.3 is 4.74 Å². The second kappa shape index (κ2) is 6.58. The van der Waals surface area contributed by atoms with Crippen molar-refractivity contribution >= 4 is 26.7 Å². The van der Waals surface area contributed by atoms with E-state index in [0.717, 1.165) is 28.6 Å². The minimum Gasteiger partial charge on any atom is -0.471 e. The minimum absolute atomic E-state index is 0.108. The fraction of sp³-hybridized carbons (Fsp3) is 0.238. The van der Waals surface area contributed by atoms with Crippen molar-refractivity contribution < 1.29 is 4.74 Å². The number of hydrogen-bond donors (Lipinski definition) is 1. The molecule has 3 aromatic carbocycles. The Morgan fingerprint density at radius 1 is 1.00 bits per heavy atom. The Hall–Kier alpha value is -1.84. The lowest BCUT2D eigenvalue weighted by Crippen LogP contribution is -2.35. The first-order valence-electron chi connectivity index (χ1n) is 8.46. The summed E-state index contributed by atoms with van der Waals surface area (Å²) in [5.41, 5.74) is 2.45. The Morgan fingerprint density at radius 3 is 2.58 bits per heavy atom. The number of halogens is 1. The van der Waals surface area contributed by atoms with Gasteiger partial charge in [-0.3, -0.25) is 5.32 Å². The molecule has 0 saturated heterocycles. The van der Waals surface area contributed by atoms with Gasteiger partial charge in [-0.1, -0.05) is 71.7 Å². The molecule has 0 bridgehead atoms.